The Labute approximate surface area is 91.1 Å². The summed E-state index contributed by atoms with van der Waals surface area (Å²) in [4.78, 5) is 11.6. The maximum Gasteiger partial charge on any atom is 0.221 e. The normalized spacial score (nSPS) is 27.4. The lowest BCUT2D eigenvalue weighted by atomic mass is 10.0. The minimum atomic E-state index is 0.0872. The molecule has 0 bridgehead atoms. The molecule has 3 N–H and O–H groups in total. The van der Waals surface area contributed by atoms with Crippen molar-refractivity contribution >= 4 is 5.91 Å². The van der Waals surface area contributed by atoms with Crippen molar-refractivity contribution in [2.24, 2.45) is 11.7 Å². The molecule has 3 heteroatoms. The van der Waals surface area contributed by atoms with Gasteiger partial charge in [-0.1, -0.05) is 12.2 Å². The fraction of sp³-hybridized carbons (Fsp3) is 0.750. The Balaban J connectivity index is 1.69. The van der Waals surface area contributed by atoms with Crippen LogP contribution in [0.1, 0.15) is 38.5 Å². The van der Waals surface area contributed by atoms with Crippen LogP contribution in [-0.4, -0.2) is 18.0 Å². The highest BCUT2D eigenvalue weighted by Gasteiger charge is 2.30. The summed E-state index contributed by atoms with van der Waals surface area (Å²) < 4.78 is 0. The van der Waals surface area contributed by atoms with E-state index in [-0.39, 0.29) is 11.9 Å². The SMILES string of the molecule is NC(CC(=O)NC1CC=CCC1)C1CC1. The first-order valence-corrected chi connectivity index (χ1v) is 5.95. The summed E-state index contributed by atoms with van der Waals surface area (Å²) in [5.41, 5.74) is 5.91. The zero-order chi connectivity index (χ0) is 10.7. The third-order valence-corrected chi connectivity index (χ3v) is 3.28. The molecule has 0 aromatic rings. The van der Waals surface area contributed by atoms with Gasteiger partial charge in [-0.3, -0.25) is 4.79 Å². The Hall–Kier alpha value is -0.830. The zero-order valence-corrected chi connectivity index (χ0v) is 9.11. The Morgan fingerprint density at radius 3 is 2.80 bits per heavy atom. The second-order valence-electron chi connectivity index (χ2n) is 4.75. The largest absolute Gasteiger partial charge is 0.353 e. The Kier molecular flexibility index (Phi) is 3.41. The zero-order valence-electron chi connectivity index (χ0n) is 9.11. The monoisotopic (exact) mass is 208 g/mol. The molecule has 0 heterocycles. The van der Waals surface area contributed by atoms with Crippen LogP contribution in [0.15, 0.2) is 12.2 Å². The molecule has 84 valence electrons. The highest BCUT2D eigenvalue weighted by Crippen LogP contribution is 2.32. The summed E-state index contributed by atoms with van der Waals surface area (Å²) in [7, 11) is 0. The van der Waals surface area contributed by atoms with E-state index in [9.17, 15) is 4.79 Å². The third kappa shape index (κ3) is 3.34. The van der Waals surface area contributed by atoms with Crippen LogP contribution >= 0.6 is 0 Å². The number of nitrogens with two attached hydrogens (primary N) is 1. The van der Waals surface area contributed by atoms with Crippen molar-refractivity contribution in [2.75, 3.05) is 0 Å². The quantitative estimate of drug-likeness (QED) is 0.685. The maximum absolute atomic E-state index is 11.6. The molecule has 0 saturated heterocycles. The van der Waals surface area contributed by atoms with Gasteiger partial charge in [-0.15, -0.1) is 0 Å². The summed E-state index contributed by atoms with van der Waals surface area (Å²) in [6.07, 6.45) is 10.4. The predicted octanol–water partition coefficient (Wildman–Crippen LogP) is 1.34. The van der Waals surface area contributed by atoms with Crippen LogP contribution in [0.3, 0.4) is 0 Å². The Bertz CT molecular complexity index is 258. The Morgan fingerprint density at radius 2 is 2.20 bits per heavy atom. The van der Waals surface area contributed by atoms with Gasteiger partial charge in [-0.25, -0.2) is 0 Å². The smallest absolute Gasteiger partial charge is 0.221 e. The predicted molar refractivity (Wildman–Crippen MR) is 60.2 cm³/mol. The highest BCUT2D eigenvalue weighted by molar-refractivity contribution is 5.77. The number of nitrogens with one attached hydrogen (secondary N) is 1. The van der Waals surface area contributed by atoms with Gasteiger partial charge in [0, 0.05) is 18.5 Å². The van der Waals surface area contributed by atoms with E-state index in [4.69, 9.17) is 5.73 Å². The van der Waals surface area contributed by atoms with Gasteiger partial charge in [0.15, 0.2) is 0 Å². The number of hydrogen-bond donors (Lipinski definition) is 2. The van der Waals surface area contributed by atoms with Gasteiger partial charge in [0.1, 0.15) is 0 Å². The van der Waals surface area contributed by atoms with E-state index in [2.05, 4.69) is 17.5 Å². The lowest BCUT2D eigenvalue weighted by Crippen LogP contribution is -2.39. The first-order chi connectivity index (χ1) is 7.25. The Morgan fingerprint density at radius 1 is 1.40 bits per heavy atom. The average Bonchev–Trinajstić information content (AvgIpc) is 3.01. The van der Waals surface area contributed by atoms with Crippen LogP contribution in [0.5, 0.6) is 0 Å². The van der Waals surface area contributed by atoms with E-state index in [0.717, 1.165) is 19.3 Å². The van der Waals surface area contributed by atoms with Crippen LogP contribution in [0.25, 0.3) is 0 Å². The van der Waals surface area contributed by atoms with Crippen molar-refractivity contribution in [2.45, 2.75) is 50.6 Å². The molecule has 1 amide bonds. The molecule has 2 unspecified atom stereocenters. The number of carbonyl (C=O) groups is 1. The van der Waals surface area contributed by atoms with Gasteiger partial charge in [-0.05, 0) is 38.0 Å². The van der Waals surface area contributed by atoms with Crippen LogP contribution in [0.2, 0.25) is 0 Å². The number of amides is 1. The van der Waals surface area contributed by atoms with E-state index >= 15 is 0 Å². The molecule has 0 radical (unpaired) electrons. The summed E-state index contributed by atoms with van der Waals surface area (Å²) >= 11 is 0. The first kappa shape index (κ1) is 10.7. The van der Waals surface area contributed by atoms with Crippen molar-refractivity contribution in [3.05, 3.63) is 12.2 Å². The van der Waals surface area contributed by atoms with Gasteiger partial charge in [0.05, 0.1) is 0 Å². The van der Waals surface area contributed by atoms with Gasteiger partial charge < -0.3 is 11.1 Å². The number of allylic oxidation sites excluding steroid dienone is 1. The van der Waals surface area contributed by atoms with Crippen molar-refractivity contribution in [3.8, 4) is 0 Å². The van der Waals surface area contributed by atoms with E-state index in [1.165, 1.54) is 12.8 Å². The molecule has 0 aromatic heterocycles. The summed E-state index contributed by atoms with van der Waals surface area (Å²) in [5, 5.41) is 3.06. The fourth-order valence-electron chi connectivity index (χ4n) is 2.12. The summed E-state index contributed by atoms with van der Waals surface area (Å²) in [6.45, 7) is 0. The van der Waals surface area contributed by atoms with Gasteiger partial charge in [-0.2, -0.15) is 0 Å². The van der Waals surface area contributed by atoms with Crippen LogP contribution in [0.4, 0.5) is 0 Å². The molecule has 1 fully saturated rings. The van der Waals surface area contributed by atoms with Crippen LogP contribution in [-0.2, 0) is 4.79 Å². The van der Waals surface area contributed by atoms with Gasteiger partial charge >= 0.3 is 0 Å². The maximum atomic E-state index is 11.6. The molecule has 2 aliphatic rings. The molecule has 0 aromatic carbocycles. The molecule has 2 aliphatic carbocycles. The minimum Gasteiger partial charge on any atom is -0.353 e. The van der Waals surface area contributed by atoms with E-state index < -0.39 is 0 Å². The van der Waals surface area contributed by atoms with Gasteiger partial charge in [0.2, 0.25) is 5.91 Å². The van der Waals surface area contributed by atoms with Crippen LogP contribution < -0.4 is 11.1 Å². The topological polar surface area (TPSA) is 55.1 Å². The molecular formula is C12H20N2O. The third-order valence-electron chi connectivity index (χ3n) is 3.28. The number of carbonyl (C=O) groups excluding carboxylic acids is 1. The number of hydrogen-bond acceptors (Lipinski definition) is 2. The van der Waals surface area contributed by atoms with Crippen molar-refractivity contribution < 1.29 is 4.79 Å². The van der Waals surface area contributed by atoms with E-state index in [1.807, 2.05) is 0 Å². The molecule has 0 spiro atoms. The van der Waals surface area contributed by atoms with Crippen LogP contribution in [0, 0.1) is 5.92 Å². The van der Waals surface area contributed by atoms with Crippen molar-refractivity contribution in [3.63, 3.8) is 0 Å². The van der Waals surface area contributed by atoms with Crippen molar-refractivity contribution in [1.29, 1.82) is 0 Å². The molecule has 2 rings (SSSR count). The lowest BCUT2D eigenvalue weighted by Gasteiger charge is -2.20. The first-order valence-electron chi connectivity index (χ1n) is 5.95. The van der Waals surface area contributed by atoms with Crippen molar-refractivity contribution in [1.82, 2.24) is 5.32 Å². The molecule has 3 nitrogen and oxygen atoms in total. The lowest BCUT2D eigenvalue weighted by molar-refractivity contribution is -0.122. The van der Waals surface area contributed by atoms with Gasteiger partial charge in [0.25, 0.3) is 0 Å². The summed E-state index contributed by atoms with van der Waals surface area (Å²) in [6, 6.07) is 0.429. The second kappa shape index (κ2) is 4.79. The molecule has 1 saturated carbocycles. The standard InChI is InChI=1S/C12H20N2O/c13-11(9-6-7-9)8-12(15)14-10-4-2-1-3-5-10/h1-2,9-11H,3-8,13H2,(H,14,15). The fourth-order valence-corrected chi connectivity index (χ4v) is 2.12. The minimum absolute atomic E-state index is 0.0872. The average molecular weight is 208 g/mol. The molecule has 0 aliphatic heterocycles. The molecule has 2 atom stereocenters. The highest BCUT2D eigenvalue weighted by atomic mass is 16.1. The van der Waals surface area contributed by atoms with E-state index in [1.54, 1.807) is 0 Å². The van der Waals surface area contributed by atoms with E-state index in [0.29, 0.717) is 18.4 Å². The summed E-state index contributed by atoms with van der Waals surface area (Å²) in [5.74, 6) is 0.747. The molecular weight excluding hydrogens is 188 g/mol. The second-order valence-corrected chi connectivity index (χ2v) is 4.75. The number of rotatable bonds is 4. The molecule has 15 heavy (non-hydrogen) atoms.